The highest BCUT2D eigenvalue weighted by atomic mass is 16.2. The zero-order chi connectivity index (χ0) is 14.0. The molecule has 0 saturated carbocycles. The van der Waals surface area contributed by atoms with Crippen molar-refractivity contribution in [2.24, 2.45) is 0 Å². The van der Waals surface area contributed by atoms with Crippen LogP contribution in [-0.2, 0) is 11.3 Å². The summed E-state index contributed by atoms with van der Waals surface area (Å²) in [5, 5.41) is 6.91. The van der Waals surface area contributed by atoms with E-state index in [4.69, 9.17) is 5.73 Å². The lowest BCUT2D eigenvalue weighted by Gasteiger charge is -2.12. The summed E-state index contributed by atoms with van der Waals surface area (Å²) in [6, 6.07) is 5.76. The van der Waals surface area contributed by atoms with Gasteiger partial charge in [0.25, 0.3) is 0 Å². The molecule has 0 saturated heterocycles. The molecule has 3 N–H and O–H groups in total. The van der Waals surface area contributed by atoms with Crippen LogP contribution in [0.1, 0.15) is 16.7 Å². The standard InChI is InChI=1S/C14H18N4O/c1-9-6-10(2)14(11(3)7-9)16-13(19)8-18-5-4-12(15)17-18/h4-7H,8H2,1-3H3,(H2,15,17)(H,16,19). The number of aryl methyl sites for hydroxylation is 3. The van der Waals surface area contributed by atoms with Crippen molar-refractivity contribution in [1.82, 2.24) is 9.78 Å². The molecular weight excluding hydrogens is 240 g/mol. The number of rotatable bonds is 3. The van der Waals surface area contributed by atoms with Crippen molar-refractivity contribution in [1.29, 1.82) is 0 Å². The monoisotopic (exact) mass is 258 g/mol. The number of carbonyl (C=O) groups excluding carboxylic acids is 1. The number of nitrogens with zero attached hydrogens (tertiary/aromatic N) is 2. The third-order valence-electron chi connectivity index (χ3n) is 2.91. The van der Waals surface area contributed by atoms with E-state index in [1.54, 1.807) is 12.3 Å². The van der Waals surface area contributed by atoms with Gasteiger partial charge in [-0.25, -0.2) is 0 Å². The van der Waals surface area contributed by atoms with Crippen LogP contribution in [0, 0.1) is 20.8 Å². The number of hydrogen-bond donors (Lipinski definition) is 2. The summed E-state index contributed by atoms with van der Waals surface area (Å²) in [4.78, 5) is 12.0. The van der Waals surface area contributed by atoms with Crippen LogP contribution in [0.3, 0.4) is 0 Å². The fraction of sp³-hybridized carbons (Fsp3) is 0.286. The van der Waals surface area contributed by atoms with Crippen LogP contribution < -0.4 is 11.1 Å². The first-order chi connectivity index (χ1) is 8.95. The zero-order valence-corrected chi connectivity index (χ0v) is 11.4. The minimum Gasteiger partial charge on any atom is -0.382 e. The van der Waals surface area contributed by atoms with Crippen molar-refractivity contribution in [3.8, 4) is 0 Å². The van der Waals surface area contributed by atoms with Crippen LogP contribution in [-0.4, -0.2) is 15.7 Å². The van der Waals surface area contributed by atoms with E-state index in [9.17, 15) is 4.79 Å². The molecule has 1 aromatic carbocycles. The Morgan fingerprint density at radius 3 is 2.47 bits per heavy atom. The minimum absolute atomic E-state index is 0.113. The van der Waals surface area contributed by atoms with Crippen LogP contribution in [0.2, 0.25) is 0 Å². The van der Waals surface area contributed by atoms with E-state index in [2.05, 4.69) is 22.5 Å². The number of nitrogens with two attached hydrogens (primary N) is 1. The van der Waals surface area contributed by atoms with E-state index in [-0.39, 0.29) is 12.5 Å². The molecule has 0 atom stereocenters. The molecule has 5 heteroatoms. The molecule has 1 heterocycles. The average Bonchev–Trinajstić information content (AvgIpc) is 2.69. The summed E-state index contributed by atoms with van der Waals surface area (Å²) in [5.41, 5.74) is 9.69. The van der Waals surface area contributed by atoms with E-state index in [0.29, 0.717) is 5.82 Å². The summed E-state index contributed by atoms with van der Waals surface area (Å²) in [7, 11) is 0. The Kier molecular flexibility index (Phi) is 3.55. The molecule has 0 fully saturated rings. The lowest BCUT2D eigenvalue weighted by atomic mass is 10.1. The van der Waals surface area contributed by atoms with Crippen molar-refractivity contribution in [3.63, 3.8) is 0 Å². The molecule has 100 valence electrons. The van der Waals surface area contributed by atoms with E-state index < -0.39 is 0 Å². The number of hydrogen-bond acceptors (Lipinski definition) is 3. The van der Waals surface area contributed by atoms with Gasteiger partial charge in [-0.05, 0) is 38.0 Å². The highest BCUT2D eigenvalue weighted by Crippen LogP contribution is 2.21. The Morgan fingerprint density at radius 1 is 1.32 bits per heavy atom. The van der Waals surface area contributed by atoms with Gasteiger partial charge in [0.05, 0.1) is 0 Å². The number of nitrogens with one attached hydrogen (secondary N) is 1. The summed E-state index contributed by atoms with van der Waals surface area (Å²) in [6.07, 6.45) is 1.68. The van der Waals surface area contributed by atoms with Gasteiger partial charge in [-0.15, -0.1) is 0 Å². The fourth-order valence-electron chi connectivity index (χ4n) is 2.17. The predicted octanol–water partition coefficient (Wildman–Crippen LogP) is 2.03. The second kappa shape index (κ2) is 5.14. The van der Waals surface area contributed by atoms with Gasteiger partial charge in [-0.3, -0.25) is 9.48 Å². The third kappa shape index (κ3) is 3.13. The molecule has 1 amide bonds. The Labute approximate surface area is 112 Å². The lowest BCUT2D eigenvalue weighted by Crippen LogP contribution is -2.20. The molecule has 0 aliphatic carbocycles. The van der Waals surface area contributed by atoms with Crippen LogP contribution in [0.5, 0.6) is 0 Å². The van der Waals surface area contributed by atoms with E-state index in [1.165, 1.54) is 10.2 Å². The molecule has 2 aromatic rings. The number of aromatic nitrogens is 2. The first-order valence-corrected chi connectivity index (χ1v) is 6.12. The van der Waals surface area contributed by atoms with Crippen molar-refractivity contribution in [2.75, 3.05) is 11.1 Å². The van der Waals surface area contributed by atoms with Crippen molar-refractivity contribution in [2.45, 2.75) is 27.3 Å². The van der Waals surface area contributed by atoms with Gasteiger partial charge in [0.2, 0.25) is 5.91 Å². The van der Waals surface area contributed by atoms with Crippen LogP contribution in [0.4, 0.5) is 11.5 Å². The van der Waals surface area contributed by atoms with Crippen LogP contribution >= 0.6 is 0 Å². The summed E-state index contributed by atoms with van der Waals surface area (Å²) < 4.78 is 1.52. The van der Waals surface area contributed by atoms with Gasteiger partial charge in [-0.1, -0.05) is 17.7 Å². The highest BCUT2D eigenvalue weighted by molar-refractivity contribution is 5.92. The second-order valence-corrected chi connectivity index (χ2v) is 4.76. The SMILES string of the molecule is Cc1cc(C)c(NC(=O)Cn2ccc(N)n2)c(C)c1. The number of amides is 1. The normalized spacial score (nSPS) is 10.5. The molecule has 0 radical (unpaired) electrons. The first kappa shape index (κ1) is 13.1. The molecule has 0 spiro atoms. The van der Waals surface area contributed by atoms with Crippen molar-refractivity contribution >= 4 is 17.4 Å². The Balaban J connectivity index is 2.11. The predicted molar refractivity (Wildman–Crippen MR) is 75.9 cm³/mol. The van der Waals surface area contributed by atoms with Gasteiger partial charge in [0, 0.05) is 11.9 Å². The number of anilines is 2. The Morgan fingerprint density at radius 2 is 1.95 bits per heavy atom. The molecule has 0 bridgehead atoms. The lowest BCUT2D eigenvalue weighted by molar-refractivity contribution is -0.116. The number of nitrogen functional groups attached to an aromatic ring is 1. The van der Waals surface area contributed by atoms with Crippen LogP contribution in [0.25, 0.3) is 0 Å². The quantitative estimate of drug-likeness (QED) is 0.884. The Bertz CT molecular complexity index is 593. The summed E-state index contributed by atoms with van der Waals surface area (Å²) in [6.45, 7) is 6.17. The van der Waals surface area contributed by atoms with E-state index in [0.717, 1.165) is 16.8 Å². The van der Waals surface area contributed by atoms with Gasteiger partial charge in [0.15, 0.2) is 0 Å². The smallest absolute Gasteiger partial charge is 0.246 e. The van der Waals surface area contributed by atoms with Gasteiger partial charge >= 0.3 is 0 Å². The molecule has 19 heavy (non-hydrogen) atoms. The van der Waals surface area contributed by atoms with Gasteiger partial charge < -0.3 is 11.1 Å². The maximum atomic E-state index is 12.0. The topological polar surface area (TPSA) is 72.9 Å². The van der Waals surface area contributed by atoms with Crippen molar-refractivity contribution in [3.05, 3.63) is 41.1 Å². The maximum Gasteiger partial charge on any atom is 0.246 e. The Hall–Kier alpha value is -2.30. The van der Waals surface area contributed by atoms with Gasteiger partial charge in [-0.2, -0.15) is 5.10 Å². The van der Waals surface area contributed by atoms with Crippen LogP contribution in [0.15, 0.2) is 24.4 Å². The third-order valence-corrected chi connectivity index (χ3v) is 2.91. The zero-order valence-electron chi connectivity index (χ0n) is 11.4. The van der Waals surface area contributed by atoms with E-state index >= 15 is 0 Å². The maximum absolute atomic E-state index is 12.0. The molecule has 2 rings (SSSR count). The van der Waals surface area contributed by atoms with Gasteiger partial charge in [0.1, 0.15) is 12.4 Å². The van der Waals surface area contributed by atoms with E-state index in [1.807, 2.05) is 20.8 Å². The average molecular weight is 258 g/mol. The molecule has 1 aromatic heterocycles. The largest absolute Gasteiger partial charge is 0.382 e. The number of benzene rings is 1. The molecule has 0 aliphatic heterocycles. The first-order valence-electron chi connectivity index (χ1n) is 6.12. The minimum atomic E-state index is -0.113. The second-order valence-electron chi connectivity index (χ2n) is 4.76. The summed E-state index contributed by atoms with van der Waals surface area (Å²) >= 11 is 0. The molecule has 0 unspecified atom stereocenters. The molecule has 5 nitrogen and oxygen atoms in total. The highest BCUT2D eigenvalue weighted by Gasteiger charge is 2.09. The molecular formula is C14H18N4O. The number of carbonyl (C=O) groups is 1. The molecule has 0 aliphatic rings. The van der Waals surface area contributed by atoms with Crippen molar-refractivity contribution < 1.29 is 4.79 Å². The summed E-state index contributed by atoms with van der Waals surface area (Å²) in [5.74, 6) is 0.300. The fourth-order valence-corrected chi connectivity index (χ4v) is 2.17.